The van der Waals surface area contributed by atoms with Crippen LogP contribution in [0.5, 0.6) is 0 Å². The summed E-state index contributed by atoms with van der Waals surface area (Å²) in [7, 11) is 0. The maximum atomic E-state index is 11.6. The number of hydrogen-bond donors (Lipinski definition) is 2. The van der Waals surface area contributed by atoms with Crippen molar-refractivity contribution in [2.24, 2.45) is 0 Å². The van der Waals surface area contributed by atoms with Crippen LogP contribution in [0.4, 0.5) is 0 Å². The van der Waals surface area contributed by atoms with Crippen LogP contribution >= 0.6 is 0 Å². The summed E-state index contributed by atoms with van der Waals surface area (Å²) in [5, 5.41) is 9.60. The van der Waals surface area contributed by atoms with Crippen LogP contribution in [0.3, 0.4) is 0 Å². The molecule has 2 aromatic rings. The van der Waals surface area contributed by atoms with Gasteiger partial charge in [0.05, 0.1) is 5.69 Å². The topological polar surface area (TPSA) is 57.8 Å². The number of carbonyl (C=O) groups excluding carboxylic acids is 1. The fourth-order valence-corrected chi connectivity index (χ4v) is 1.57. The monoisotopic (exact) mass is 229 g/mol. The van der Waals surface area contributed by atoms with E-state index in [1.165, 1.54) is 5.56 Å². The van der Waals surface area contributed by atoms with E-state index in [1.54, 1.807) is 6.07 Å². The second kappa shape index (κ2) is 4.82. The maximum absolute atomic E-state index is 11.6. The SMILES string of the molecule is CCNC(=O)c1cc(-c2ccc(C)cc2)n[nH]1. The normalized spacial score (nSPS) is 10.2. The van der Waals surface area contributed by atoms with Gasteiger partial charge in [-0.3, -0.25) is 9.89 Å². The first-order valence-corrected chi connectivity index (χ1v) is 5.61. The maximum Gasteiger partial charge on any atom is 0.269 e. The zero-order chi connectivity index (χ0) is 12.3. The molecule has 0 saturated heterocycles. The van der Waals surface area contributed by atoms with Crippen LogP contribution < -0.4 is 5.32 Å². The number of benzene rings is 1. The van der Waals surface area contributed by atoms with E-state index in [1.807, 2.05) is 38.1 Å². The molecule has 0 fully saturated rings. The molecular formula is C13H15N3O. The Balaban J connectivity index is 2.23. The summed E-state index contributed by atoms with van der Waals surface area (Å²) in [5.74, 6) is -0.127. The number of H-pyrrole nitrogens is 1. The van der Waals surface area contributed by atoms with Gasteiger partial charge in [-0.15, -0.1) is 0 Å². The van der Waals surface area contributed by atoms with Crippen LogP contribution in [0.25, 0.3) is 11.3 Å². The Bertz CT molecular complexity index is 514. The molecule has 0 spiro atoms. The third kappa shape index (κ3) is 2.53. The van der Waals surface area contributed by atoms with Crippen molar-refractivity contribution in [3.63, 3.8) is 0 Å². The summed E-state index contributed by atoms with van der Waals surface area (Å²) in [4.78, 5) is 11.6. The van der Waals surface area contributed by atoms with Crippen molar-refractivity contribution in [1.82, 2.24) is 15.5 Å². The highest BCUT2D eigenvalue weighted by atomic mass is 16.1. The Labute approximate surface area is 100 Å². The van der Waals surface area contributed by atoms with Gasteiger partial charge in [0.25, 0.3) is 5.91 Å². The first-order valence-electron chi connectivity index (χ1n) is 5.61. The lowest BCUT2D eigenvalue weighted by molar-refractivity contribution is 0.0951. The minimum absolute atomic E-state index is 0.127. The standard InChI is InChI=1S/C13H15N3O/c1-3-14-13(17)12-8-11(15-16-12)10-6-4-9(2)5-7-10/h4-8H,3H2,1-2H3,(H,14,17)(H,15,16). The highest BCUT2D eigenvalue weighted by molar-refractivity contribution is 5.93. The van der Waals surface area contributed by atoms with Crippen LogP contribution in [0.15, 0.2) is 30.3 Å². The van der Waals surface area contributed by atoms with E-state index < -0.39 is 0 Å². The molecule has 0 aliphatic carbocycles. The summed E-state index contributed by atoms with van der Waals surface area (Å²) in [6.07, 6.45) is 0. The molecule has 1 aromatic carbocycles. The van der Waals surface area contributed by atoms with E-state index in [2.05, 4.69) is 15.5 Å². The lowest BCUT2D eigenvalue weighted by Gasteiger charge is -1.97. The molecule has 0 saturated carbocycles. The van der Waals surface area contributed by atoms with Crippen LogP contribution in [0, 0.1) is 6.92 Å². The smallest absolute Gasteiger partial charge is 0.269 e. The van der Waals surface area contributed by atoms with Gasteiger partial charge in [0, 0.05) is 12.1 Å². The van der Waals surface area contributed by atoms with E-state index in [0.717, 1.165) is 11.3 Å². The first kappa shape index (κ1) is 11.4. The molecule has 17 heavy (non-hydrogen) atoms. The van der Waals surface area contributed by atoms with Crippen LogP contribution in [0.1, 0.15) is 23.0 Å². The molecule has 1 aromatic heterocycles. The molecule has 0 aliphatic rings. The molecule has 1 amide bonds. The molecule has 0 radical (unpaired) electrons. The highest BCUT2D eigenvalue weighted by Crippen LogP contribution is 2.17. The molecule has 2 rings (SSSR count). The number of nitrogens with zero attached hydrogens (tertiary/aromatic N) is 1. The van der Waals surface area contributed by atoms with Gasteiger partial charge in [-0.05, 0) is 19.9 Å². The number of rotatable bonds is 3. The van der Waals surface area contributed by atoms with Gasteiger partial charge in [0.15, 0.2) is 0 Å². The summed E-state index contributed by atoms with van der Waals surface area (Å²) in [5.41, 5.74) is 3.48. The van der Waals surface area contributed by atoms with Crippen molar-refractivity contribution in [1.29, 1.82) is 0 Å². The van der Waals surface area contributed by atoms with Gasteiger partial charge in [-0.1, -0.05) is 29.8 Å². The van der Waals surface area contributed by atoms with Gasteiger partial charge < -0.3 is 5.32 Å². The summed E-state index contributed by atoms with van der Waals surface area (Å²) < 4.78 is 0. The number of hydrogen-bond acceptors (Lipinski definition) is 2. The number of aromatic nitrogens is 2. The predicted molar refractivity (Wildman–Crippen MR) is 66.8 cm³/mol. The molecule has 0 aliphatic heterocycles. The van der Waals surface area contributed by atoms with Gasteiger partial charge in [0.2, 0.25) is 0 Å². The van der Waals surface area contributed by atoms with Gasteiger partial charge in [0.1, 0.15) is 5.69 Å². The number of carbonyl (C=O) groups is 1. The Kier molecular flexibility index (Phi) is 3.23. The second-order valence-corrected chi connectivity index (χ2v) is 3.89. The zero-order valence-corrected chi connectivity index (χ0v) is 9.95. The lowest BCUT2D eigenvalue weighted by Crippen LogP contribution is -2.22. The van der Waals surface area contributed by atoms with E-state index in [0.29, 0.717) is 12.2 Å². The van der Waals surface area contributed by atoms with Crippen LogP contribution in [0.2, 0.25) is 0 Å². The predicted octanol–water partition coefficient (Wildman–Crippen LogP) is 2.13. The third-order valence-electron chi connectivity index (χ3n) is 2.51. The van der Waals surface area contributed by atoms with Crippen LogP contribution in [-0.4, -0.2) is 22.6 Å². The average molecular weight is 229 g/mol. The van der Waals surface area contributed by atoms with Crippen molar-refractivity contribution in [3.8, 4) is 11.3 Å². The second-order valence-electron chi connectivity index (χ2n) is 3.89. The molecule has 2 N–H and O–H groups in total. The van der Waals surface area contributed by atoms with Crippen molar-refractivity contribution < 1.29 is 4.79 Å². The van der Waals surface area contributed by atoms with E-state index in [4.69, 9.17) is 0 Å². The molecule has 4 nitrogen and oxygen atoms in total. The highest BCUT2D eigenvalue weighted by Gasteiger charge is 2.09. The van der Waals surface area contributed by atoms with Crippen molar-refractivity contribution in [2.45, 2.75) is 13.8 Å². The Morgan fingerprint density at radius 1 is 1.35 bits per heavy atom. The number of amides is 1. The molecule has 0 unspecified atom stereocenters. The number of nitrogens with one attached hydrogen (secondary N) is 2. The zero-order valence-electron chi connectivity index (χ0n) is 9.95. The van der Waals surface area contributed by atoms with E-state index >= 15 is 0 Å². The van der Waals surface area contributed by atoms with Gasteiger partial charge >= 0.3 is 0 Å². The molecule has 1 heterocycles. The molecule has 4 heteroatoms. The molecule has 88 valence electrons. The minimum atomic E-state index is -0.127. The van der Waals surface area contributed by atoms with E-state index in [9.17, 15) is 4.79 Å². The molecular weight excluding hydrogens is 214 g/mol. The molecule has 0 bridgehead atoms. The largest absolute Gasteiger partial charge is 0.351 e. The van der Waals surface area contributed by atoms with E-state index in [-0.39, 0.29) is 5.91 Å². The van der Waals surface area contributed by atoms with Crippen LogP contribution in [-0.2, 0) is 0 Å². The average Bonchev–Trinajstić information content (AvgIpc) is 2.80. The van der Waals surface area contributed by atoms with Crippen molar-refractivity contribution in [3.05, 3.63) is 41.6 Å². The molecule has 0 atom stereocenters. The summed E-state index contributed by atoms with van der Waals surface area (Å²) in [6, 6.07) is 9.79. The third-order valence-corrected chi connectivity index (χ3v) is 2.51. The summed E-state index contributed by atoms with van der Waals surface area (Å²) >= 11 is 0. The first-order chi connectivity index (χ1) is 8.20. The van der Waals surface area contributed by atoms with Crippen molar-refractivity contribution >= 4 is 5.91 Å². The number of aryl methyl sites for hydroxylation is 1. The fraction of sp³-hybridized carbons (Fsp3) is 0.231. The van der Waals surface area contributed by atoms with Gasteiger partial charge in [-0.25, -0.2) is 0 Å². The lowest BCUT2D eigenvalue weighted by atomic mass is 10.1. The Morgan fingerprint density at radius 3 is 2.71 bits per heavy atom. The Hall–Kier alpha value is -2.10. The quantitative estimate of drug-likeness (QED) is 0.847. The number of aromatic amines is 1. The van der Waals surface area contributed by atoms with Crippen molar-refractivity contribution in [2.75, 3.05) is 6.54 Å². The summed E-state index contributed by atoms with van der Waals surface area (Å²) in [6.45, 7) is 4.53. The minimum Gasteiger partial charge on any atom is -0.351 e. The fourth-order valence-electron chi connectivity index (χ4n) is 1.57. The van der Waals surface area contributed by atoms with Gasteiger partial charge in [-0.2, -0.15) is 5.10 Å². The Morgan fingerprint density at radius 2 is 2.06 bits per heavy atom.